The summed E-state index contributed by atoms with van der Waals surface area (Å²) >= 11 is 7.17. The Hall–Kier alpha value is -2.00. The molecule has 0 aliphatic heterocycles. The molecule has 3 aromatic rings. The molecule has 0 fully saturated rings. The van der Waals surface area contributed by atoms with Crippen LogP contribution in [0.15, 0.2) is 22.8 Å². The van der Waals surface area contributed by atoms with E-state index in [1.807, 2.05) is 14.1 Å². The smallest absolute Gasteiger partial charge is 0.230 e. The lowest BCUT2D eigenvalue weighted by Crippen LogP contribution is -2.13. The number of hydrogen-bond donors (Lipinski definition) is 1. The van der Waals surface area contributed by atoms with E-state index in [1.165, 1.54) is 18.1 Å². The highest BCUT2D eigenvalue weighted by Crippen LogP contribution is 2.28. The summed E-state index contributed by atoms with van der Waals surface area (Å²) in [5, 5.41) is 1.28. The van der Waals surface area contributed by atoms with Crippen molar-refractivity contribution in [3.05, 3.63) is 17.9 Å². The van der Waals surface area contributed by atoms with Crippen molar-refractivity contribution in [3.8, 4) is 0 Å². The SMILES string of the molecule is CN(C)c1nc(Cl)nc(Sc2ncnc3nc[nH]c23)n1. The van der Waals surface area contributed by atoms with Gasteiger partial charge in [-0.25, -0.2) is 15.0 Å². The number of imidazole rings is 1. The number of nitrogens with one attached hydrogen (secondary N) is 1. The Balaban J connectivity index is 2.00. The van der Waals surface area contributed by atoms with Gasteiger partial charge in [0, 0.05) is 14.1 Å². The molecular weight excluding hydrogens is 300 g/mol. The minimum Gasteiger partial charge on any atom is -0.347 e. The number of fused-ring (bicyclic) bond motifs is 1. The van der Waals surface area contributed by atoms with Crippen molar-refractivity contribution in [2.75, 3.05) is 19.0 Å². The second-order valence-electron chi connectivity index (χ2n) is 3.96. The fourth-order valence-electron chi connectivity index (χ4n) is 1.47. The highest BCUT2D eigenvalue weighted by molar-refractivity contribution is 7.99. The van der Waals surface area contributed by atoms with Gasteiger partial charge in [-0.3, -0.25) is 0 Å². The van der Waals surface area contributed by atoms with Crippen LogP contribution in [0.2, 0.25) is 5.28 Å². The predicted molar refractivity (Wildman–Crippen MR) is 75.0 cm³/mol. The van der Waals surface area contributed by atoms with Crippen LogP contribution < -0.4 is 4.90 Å². The summed E-state index contributed by atoms with van der Waals surface area (Å²) in [7, 11) is 3.66. The van der Waals surface area contributed by atoms with Crippen LogP contribution in [0.3, 0.4) is 0 Å². The monoisotopic (exact) mass is 308 g/mol. The Morgan fingerprint density at radius 2 is 2.00 bits per heavy atom. The summed E-state index contributed by atoms with van der Waals surface area (Å²) in [6, 6.07) is 0. The Bertz CT molecular complexity index is 758. The summed E-state index contributed by atoms with van der Waals surface area (Å²) in [5.74, 6) is 0.488. The lowest BCUT2D eigenvalue weighted by atomic mass is 10.6. The molecule has 0 aliphatic rings. The normalized spacial score (nSPS) is 10.9. The average molecular weight is 309 g/mol. The van der Waals surface area contributed by atoms with Gasteiger partial charge in [0.25, 0.3) is 0 Å². The van der Waals surface area contributed by atoms with Gasteiger partial charge in [0.2, 0.25) is 11.2 Å². The van der Waals surface area contributed by atoms with Gasteiger partial charge in [-0.1, -0.05) is 0 Å². The van der Waals surface area contributed by atoms with Gasteiger partial charge in [-0.15, -0.1) is 0 Å². The first kappa shape index (κ1) is 13.0. The van der Waals surface area contributed by atoms with E-state index < -0.39 is 0 Å². The van der Waals surface area contributed by atoms with Gasteiger partial charge in [0.1, 0.15) is 16.9 Å². The van der Waals surface area contributed by atoms with Crippen molar-refractivity contribution < 1.29 is 0 Å². The molecule has 0 saturated carbocycles. The Morgan fingerprint density at radius 1 is 1.15 bits per heavy atom. The maximum Gasteiger partial charge on any atom is 0.230 e. The molecule has 0 aromatic carbocycles. The van der Waals surface area contributed by atoms with E-state index in [-0.39, 0.29) is 5.28 Å². The maximum atomic E-state index is 5.90. The molecule has 1 N–H and O–H groups in total. The van der Waals surface area contributed by atoms with E-state index in [0.29, 0.717) is 21.8 Å². The first-order chi connectivity index (χ1) is 9.63. The van der Waals surface area contributed by atoms with Gasteiger partial charge in [-0.2, -0.15) is 15.0 Å². The molecule has 10 heteroatoms. The molecule has 0 aliphatic carbocycles. The third-order valence-electron chi connectivity index (χ3n) is 2.35. The quantitative estimate of drug-likeness (QED) is 0.725. The number of nitrogens with zero attached hydrogens (tertiary/aromatic N) is 7. The van der Waals surface area contributed by atoms with Gasteiger partial charge >= 0.3 is 0 Å². The Kier molecular flexibility index (Phi) is 3.36. The zero-order chi connectivity index (χ0) is 14.1. The van der Waals surface area contributed by atoms with Crippen LogP contribution in [0.25, 0.3) is 11.2 Å². The number of halogens is 1. The third-order valence-corrected chi connectivity index (χ3v) is 3.39. The number of H-pyrrole nitrogens is 1. The molecule has 0 spiro atoms. The van der Waals surface area contributed by atoms with Gasteiger partial charge in [-0.05, 0) is 23.4 Å². The average Bonchev–Trinajstić information content (AvgIpc) is 2.87. The summed E-state index contributed by atoms with van der Waals surface area (Å²) in [6.07, 6.45) is 3.01. The molecule has 3 aromatic heterocycles. The first-order valence-electron chi connectivity index (χ1n) is 5.54. The first-order valence-corrected chi connectivity index (χ1v) is 6.74. The third kappa shape index (κ3) is 2.49. The molecule has 0 amide bonds. The zero-order valence-corrected chi connectivity index (χ0v) is 12.1. The van der Waals surface area contributed by atoms with E-state index in [9.17, 15) is 0 Å². The van der Waals surface area contributed by atoms with Crippen molar-refractivity contribution in [1.29, 1.82) is 0 Å². The minimum absolute atomic E-state index is 0.140. The van der Waals surface area contributed by atoms with Crippen molar-refractivity contribution >= 4 is 40.5 Å². The van der Waals surface area contributed by atoms with Crippen molar-refractivity contribution in [2.45, 2.75) is 10.2 Å². The van der Waals surface area contributed by atoms with Crippen LogP contribution in [0.1, 0.15) is 0 Å². The van der Waals surface area contributed by atoms with Crippen LogP contribution in [0.4, 0.5) is 5.95 Å². The van der Waals surface area contributed by atoms with Crippen LogP contribution in [0.5, 0.6) is 0 Å². The van der Waals surface area contributed by atoms with E-state index in [1.54, 1.807) is 11.2 Å². The fourth-order valence-corrected chi connectivity index (χ4v) is 2.46. The predicted octanol–water partition coefficient (Wildman–Crippen LogP) is 1.41. The molecular formula is C10H9ClN8S. The van der Waals surface area contributed by atoms with Gasteiger partial charge in [0.15, 0.2) is 10.8 Å². The second kappa shape index (κ2) is 5.17. The molecule has 102 valence electrons. The number of hydrogen-bond acceptors (Lipinski definition) is 8. The summed E-state index contributed by atoms with van der Waals surface area (Å²) in [6.45, 7) is 0. The number of aromatic amines is 1. The van der Waals surface area contributed by atoms with Crippen molar-refractivity contribution in [2.24, 2.45) is 0 Å². The largest absolute Gasteiger partial charge is 0.347 e. The number of rotatable bonds is 3. The minimum atomic E-state index is 0.140. The van der Waals surface area contributed by atoms with Crippen molar-refractivity contribution in [1.82, 2.24) is 34.9 Å². The standard InChI is InChI=1S/C10H9ClN8S/c1-19(2)9-16-8(11)17-10(18-9)20-7-5-6(13-3-12-5)14-4-15-7/h3-4H,1-2H3,(H,12,13,14,15). The molecule has 0 saturated heterocycles. The number of aromatic nitrogens is 7. The highest BCUT2D eigenvalue weighted by Gasteiger charge is 2.12. The Morgan fingerprint density at radius 3 is 2.80 bits per heavy atom. The molecule has 20 heavy (non-hydrogen) atoms. The molecule has 0 radical (unpaired) electrons. The van der Waals surface area contributed by atoms with Gasteiger partial charge < -0.3 is 9.88 Å². The molecule has 8 nitrogen and oxygen atoms in total. The van der Waals surface area contributed by atoms with Gasteiger partial charge in [0.05, 0.1) is 6.33 Å². The molecule has 0 bridgehead atoms. The van der Waals surface area contributed by atoms with E-state index >= 15 is 0 Å². The second-order valence-corrected chi connectivity index (χ2v) is 5.26. The maximum absolute atomic E-state index is 5.90. The lowest BCUT2D eigenvalue weighted by molar-refractivity contribution is 0.864. The van der Waals surface area contributed by atoms with E-state index in [4.69, 9.17) is 11.6 Å². The van der Waals surface area contributed by atoms with E-state index in [2.05, 4.69) is 34.9 Å². The van der Waals surface area contributed by atoms with Crippen LogP contribution in [-0.2, 0) is 0 Å². The zero-order valence-electron chi connectivity index (χ0n) is 10.6. The summed E-state index contributed by atoms with van der Waals surface area (Å²) in [4.78, 5) is 29.5. The molecule has 0 atom stereocenters. The van der Waals surface area contributed by atoms with Crippen LogP contribution in [-0.4, -0.2) is 49.0 Å². The topological polar surface area (TPSA) is 96.4 Å². The summed E-state index contributed by atoms with van der Waals surface area (Å²) in [5.41, 5.74) is 1.33. The van der Waals surface area contributed by atoms with Crippen molar-refractivity contribution in [3.63, 3.8) is 0 Å². The van der Waals surface area contributed by atoms with Crippen LogP contribution in [0, 0.1) is 0 Å². The molecule has 0 unspecified atom stereocenters. The van der Waals surface area contributed by atoms with Crippen LogP contribution >= 0.6 is 23.4 Å². The fraction of sp³-hybridized carbons (Fsp3) is 0.200. The Labute approximate surface area is 123 Å². The number of anilines is 1. The van der Waals surface area contributed by atoms with E-state index in [0.717, 1.165) is 5.52 Å². The highest BCUT2D eigenvalue weighted by atomic mass is 35.5. The molecule has 3 rings (SSSR count). The summed E-state index contributed by atoms with van der Waals surface area (Å²) < 4.78 is 0. The molecule has 3 heterocycles. The lowest BCUT2D eigenvalue weighted by Gasteiger charge is -2.10.